The number of aryl methyl sites for hydroxylation is 1. The van der Waals surface area contributed by atoms with Crippen molar-refractivity contribution in [2.75, 3.05) is 5.73 Å². The number of piperidine rings is 1. The fourth-order valence-electron chi connectivity index (χ4n) is 2.74. The monoisotopic (exact) mass is 246 g/mol. The van der Waals surface area contributed by atoms with Gasteiger partial charge in [0.05, 0.1) is 0 Å². The van der Waals surface area contributed by atoms with Gasteiger partial charge in [-0.15, -0.1) is 0 Å². The van der Waals surface area contributed by atoms with Crippen molar-refractivity contribution in [3.05, 3.63) is 29.3 Å². The Hall–Kier alpha value is -1.51. The van der Waals surface area contributed by atoms with Crippen molar-refractivity contribution in [3.8, 4) is 0 Å². The van der Waals surface area contributed by atoms with E-state index in [1.54, 1.807) is 6.07 Å². The highest BCUT2D eigenvalue weighted by molar-refractivity contribution is 5.95. The number of hydrogen-bond donors (Lipinski definition) is 1. The highest BCUT2D eigenvalue weighted by atomic mass is 16.2. The van der Waals surface area contributed by atoms with Crippen molar-refractivity contribution in [1.29, 1.82) is 0 Å². The lowest BCUT2D eigenvalue weighted by molar-refractivity contribution is 0.0511. The maximum absolute atomic E-state index is 12.6. The van der Waals surface area contributed by atoms with Crippen molar-refractivity contribution in [2.24, 2.45) is 0 Å². The van der Waals surface area contributed by atoms with Gasteiger partial charge in [-0.1, -0.05) is 6.07 Å². The van der Waals surface area contributed by atoms with Crippen LogP contribution in [-0.2, 0) is 0 Å². The number of rotatable bonds is 1. The topological polar surface area (TPSA) is 46.3 Å². The molecule has 0 spiro atoms. The lowest BCUT2D eigenvalue weighted by Gasteiger charge is -2.39. The summed E-state index contributed by atoms with van der Waals surface area (Å²) in [6.07, 6.45) is 3.40. The van der Waals surface area contributed by atoms with Crippen LogP contribution in [0.15, 0.2) is 18.2 Å². The summed E-state index contributed by atoms with van der Waals surface area (Å²) in [6, 6.07) is 6.24. The minimum Gasteiger partial charge on any atom is -0.398 e. The Bertz CT molecular complexity index is 446. The lowest BCUT2D eigenvalue weighted by atomic mass is 9.96. The molecule has 0 radical (unpaired) electrons. The summed E-state index contributed by atoms with van der Waals surface area (Å²) in [5, 5.41) is 0. The van der Waals surface area contributed by atoms with E-state index in [-0.39, 0.29) is 5.91 Å². The maximum atomic E-state index is 12.6. The average molecular weight is 246 g/mol. The quantitative estimate of drug-likeness (QED) is 0.774. The maximum Gasteiger partial charge on any atom is 0.254 e. The van der Waals surface area contributed by atoms with Crippen molar-refractivity contribution in [3.63, 3.8) is 0 Å². The van der Waals surface area contributed by atoms with E-state index in [2.05, 4.69) is 13.8 Å². The second kappa shape index (κ2) is 5.01. The molecule has 98 valence electrons. The third-order valence-electron chi connectivity index (χ3n) is 3.95. The normalized spacial score (nSPS) is 24.1. The molecule has 0 saturated carbocycles. The number of carbonyl (C=O) groups excluding carboxylic acids is 1. The van der Waals surface area contributed by atoms with E-state index in [4.69, 9.17) is 5.73 Å². The number of nitrogen functional groups attached to an aromatic ring is 1. The van der Waals surface area contributed by atoms with Crippen LogP contribution in [0.4, 0.5) is 5.69 Å². The molecule has 1 aliphatic rings. The van der Waals surface area contributed by atoms with Gasteiger partial charge in [-0.3, -0.25) is 4.79 Å². The number of anilines is 1. The molecule has 1 fully saturated rings. The second-order valence-corrected chi connectivity index (χ2v) is 5.41. The van der Waals surface area contributed by atoms with Crippen molar-refractivity contribution >= 4 is 11.6 Å². The highest BCUT2D eigenvalue weighted by Crippen LogP contribution is 2.25. The van der Waals surface area contributed by atoms with Gasteiger partial charge in [-0.25, -0.2) is 0 Å². The van der Waals surface area contributed by atoms with Gasteiger partial charge in [0.25, 0.3) is 5.91 Å². The molecule has 1 aromatic rings. The van der Waals surface area contributed by atoms with E-state index in [1.807, 2.05) is 24.0 Å². The first kappa shape index (κ1) is 12.9. The Morgan fingerprint density at radius 1 is 1.28 bits per heavy atom. The molecule has 0 unspecified atom stereocenters. The predicted molar refractivity (Wildman–Crippen MR) is 74.5 cm³/mol. The summed E-state index contributed by atoms with van der Waals surface area (Å²) in [6.45, 7) is 6.21. The van der Waals surface area contributed by atoms with Gasteiger partial charge < -0.3 is 10.6 Å². The third kappa shape index (κ3) is 2.35. The van der Waals surface area contributed by atoms with Gasteiger partial charge in [0.1, 0.15) is 0 Å². The molecule has 1 heterocycles. The van der Waals surface area contributed by atoms with Crippen LogP contribution < -0.4 is 5.73 Å². The minimum absolute atomic E-state index is 0.112. The molecule has 3 heteroatoms. The van der Waals surface area contributed by atoms with Gasteiger partial charge in [-0.2, -0.15) is 0 Å². The predicted octanol–water partition coefficient (Wildman–Crippen LogP) is 2.98. The van der Waals surface area contributed by atoms with E-state index in [1.165, 1.54) is 6.42 Å². The van der Waals surface area contributed by atoms with E-state index < -0.39 is 0 Å². The van der Waals surface area contributed by atoms with Crippen LogP contribution in [0.1, 0.15) is 49.0 Å². The van der Waals surface area contributed by atoms with Crippen LogP contribution in [0.25, 0.3) is 0 Å². The van der Waals surface area contributed by atoms with E-state index in [0.717, 1.165) is 18.4 Å². The van der Waals surface area contributed by atoms with Gasteiger partial charge in [-0.05, 0) is 57.7 Å². The molecule has 1 amide bonds. The standard InChI is InChI=1S/C15H22N2O/c1-10-7-8-13(9-14(10)16)15(18)17-11(2)5-4-6-12(17)3/h7-9,11-12H,4-6,16H2,1-3H3/t11-,12-/m1/s1. The van der Waals surface area contributed by atoms with Crippen molar-refractivity contribution in [2.45, 2.75) is 52.1 Å². The summed E-state index contributed by atoms with van der Waals surface area (Å²) >= 11 is 0. The first-order chi connectivity index (χ1) is 8.50. The van der Waals surface area contributed by atoms with Crippen LogP contribution >= 0.6 is 0 Å². The third-order valence-corrected chi connectivity index (χ3v) is 3.95. The Kier molecular flexibility index (Phi) is 3.60. The fourth-order valence-corrected chi connectivity index (χ4v) is 2.74. The second-order valence-electron chi connectivity index (χ2n) is 5.41. The van der Waals surface area contributed by atoms with Crippen molar-refractivity contribution < 1.29 is 4.79 Å². The number of carbonyl (C=O) groups is 1. The number of benzene rings is 1. The zero-order valence-electron chi connectivity index (χ0n) is 11.4. The van der Waals surface area contributed by atoms with Crippen molar-refractivity contribution in [1.82, 2.24) is 4.90 Å². The Morgan fingerprint density at radius 2 is 1.89 bits per heavy atom. The molecule has 2 rings (SSSR count). The number of amides is 1. The first-order valence-electron chi connectivity index (χ1n) is 6.69. The van der Waals surface area contributed by atoms with Gasteiger partial charge in [0, 0.05) is 23.3 Å². The van der Waals surface area contributed by atoms with Gasteiger partial charge in [0.2, 0.25) is 0 Å². The van der Waals surface area contributed by atoms with Crippen LogP contribution in [0.2, 0.25) is 0 Å². The van der Waals surface area contributed by atoms with Crippen LogP contribution in [-0.4, -0.2) is 22.9 Å². The molecular formula is C15H22N2O. The smallest absolute Gasteiger partial charge is 0.254 e. The highest BCUT2D eigenvalue weighted by Gasteiger charge is 2.29. The van der Waals surface area contributed by atoms with E-state index in [9.17, 15) is 4.79 Å². The van der Waals surface area contributed by atoms with E-state index >= 15 is 0 Å². The zero-order valence-corrected chi connectivity index (χ0v) is 11.4. The average Bonchev–Trinajstić information content (AvgIpc) is 2.32. The molecule has 0 aromatic heterocycles. The summed E-state index contributed by atoms with van der Waals surface area (Å²) in [5.41, 5.74) is 8.31. The molecule has 2 N–H and O–H groups in total. The molecule has 18 heavy (non-hydrogen) atoms. The minimum atomic E-state index is 0.112. The summed E-state index contributed by atoms with van der Waals surface area (Å²) < 4.78 is 0. The molecule has 0 bridgehead atoms. The zero-order chi connectivity index (χ0) is 13.3. The summed E-state index contributed by atoms with van der Waals surface area (Å²) in [4.78, 5) is 14.6. The molecular weight excluding hydrogens is 224 g/mol. The largest absolute Gasteiger partial charge is 0.398 e. The Morgan fingerprint density at radius 3 is 2.44 bits per heavy atom. The number of nitrogens with two attached hydrogens (primary N) is 1. The van der Waals surface area contributed by atoms with Crippen LogP contribution in [0, 0.1) is 6.92 Å². The Labute approximate surface area is 109 Å². The van der Waals surface area contributed by atoms with Crippen LogP contribution in [0.3, 0.4) is 0 Å². The van der Waals surface area contributed by atoms with Gasteiger partial charge in [0.15, 0.2) is 0 Å². The SMILES string of the molecule is Cc1ccc(C(=O)N2[C@H](C)CCC[C@H]2C)cc1N. The summed E-state index contributed by atoms with van der Waals surface area (Å²) in [7, 11) is 0. The fraction of sp³-hybridized carbons (Fsp3) is 0.533. The summed E-state index contributed by atoms with van der Waals surface area (Å²) in [5.74, 6) is 0.112. The van der Waals surface area contributed by atoms with E-state index in [0.29, 0.717) is 23.3 Å². The molecule has 0 aliphatic carbocycles. The number of nitrogens with zero attached hydrogens (tertiary/aromatic N) is 1. The molecule has 1 aliphatic heterocycles. The Balaban J connectivity index is 2.26. The molecule has 2 atom stereocenters. The molecule has 3 nitrogen and oxygen atoms in total. The number of hydrogen-bond acceptors (Lipinski definition) is 2. The van der Waals surface area contributed by atoms with Gasteiger partial charge >= 0.3 is 0 Å². The van der Waals surface area contributed by atoms with Crippen LogP contribution in [0.5, 0.6) is 0 Å². The lowest BCUT2D eigenvalue weighted by Crippen LogP contribution is -2.47. The first-order valence-corrected chi connectivity index (χ1v) is 6.69. The number of likely N-dealkylation sites (tertiary alicyclic amines) is 1. The molecule has 1 saturated heterocycles. The molecule has 1 aromatic carbocycles.